The first-order valence-corrected chi connectivity index (χ1v) is 24.9. The summed E-state index contributed by atoms with van der Waals surface area (Å²) >= 11 is 5.01. The van der Waals surface area contributed by atoms with E-state index in [1.165, 1.54) is 18.3 Å². The van der Waals surface area contributed by atoms with E-state index >= 15 is 0 Å². The number of alkyl halides is 6. The van der Waals surface area contributed by atoms with Crippen molar-refractivity contribution < 1.29 is 78.8 Å². The molecule has 11 rings (SSSR count). The molecule has 0 fully saturated rings. The van der Waals surface area contributed by atoms with Crippen LogP contribution in [0, 0.1) is 11.8 Å². The quantitative estimate of drug-likeness (QED) is 0.0458. The topological polar surface area (TPSA) is 190 Å². The van der Waals surface area contributed by atoms with Gasteiger partial charge in [-0.1, -0.05) is 29.5 Å². The molecule has 0 unspecified atom stereocenters. The van der Waals surface area contributed by atoms with Gasteiger partial charge in [-0.3, -0.25) is 24.5 Å². The molecule has 0 saturated carbocycles. The first-order chi connectivity index (χ1) is 37.2. The zero-order valence-electron chi connectivity index (χ0n) is 39.5. The first-order valence-electron chi connectivity index (χ1n) is 22.3. The number of thiophene rings is 3. The Morgan fingerprint density at radius 3 is 1.82 bits per heavy atom. The molecule has 15 nitrogen and oxygen atoms in total. The zero-order chi connectivity index (χ0) is 53.7. The van der Waals surface area contributed by atoms with E-state index in [9.17, 15) is 35.9 Å². The predicted octanol–water partition coefficient (Wildman–Crippen LogP) is 12.5. The van der Waals surface area contributed by atoms with Crippen molar-refractivity contribution in [1.29, 1.82) is 0 Å². The van der Waals surface area contributed by atoms with Crippen LogP contribution >= 0.6 is 34.0 Å². The van der Waals surface area contributed by atoms with Gasteiger partial charge in [-0.2, -0.15) is 26.3 Å². The molecule has 0 radical (unpaired) electrons. The minimum atomic E-state index is -4.72. The van der Waals surface area contributed by atoms with E-state index in [0.717, 1.165) is 41.4 Å². The smallest absolute Gasteiger partial charge is 0.573 e. The second-order valence-electron chi connectivity index (χ2n) is 15.9. The van der Waals surface area contributed by atoms with Crippen molar-refractivity contribution in [2.24, 2.45) is 0 Å². The van der Waals surface area contributed by atoms with Gasteiger partial charge in [-0.25, -0.2) is 4.98 Å². The summed E-state index contributed by atoms with van der Waals surface area (Å²) < 4.78 is 105. The molecule has 10 aromatic heterocycles. The summed E-state index contributed by atoms with van der Waals surface area (Å²) in [6.07, 6.45) is -3.13. The Labute approximate surface area is 461 Å². The normalized spacial score (nSPS) is 12.0. The molecule has 0 N–H and O–H groups in total. The summed E-state index contributed by atoms with van der Waals surface area (Å²) in [5.41, 5.74) is 0.285. The summed E-state index contributed by atoms with van der Waals surface area (Å²) in [5.74, 6) is 8.47. The summed E-state index contributed by atoms with van der Waals surface area (Å²) in [4.78, 5) is 45.1. The van der Waals surface area contributed by atoms with Crippen LogP contribution in [0.5, 0.6) is 23.0 Å². The van der Waals surface area contributed by atoms with Gasteiger partial charge in [0.05, 0.1) is 43.9 Å². The predicted molar refractivity (Wildman–Crippen MR) is 273 cm³/mol. The summed E-state index contributed by atoms with van der Waals surface area (Å²) in [6, 6.07) is 26.0. The van der Waals surface area contributed by atoms with Crippen molar-refractivity contribution in [3.8, 4) is 110 Å². The van der Waals surface area contributed by atoms with E-state index in [0.29, 0.717) is 83.9 Å². The number of rotatable bonds is 13. The fraction of sp³-hybridized carbons (Fsp3) is 0.0943. The fourth-order valence-corrected chi connectivity index (χ4v) is 10.6. The van der Waals surface area contributed by atoms with Crippen LogP contribution in [0.2, 0.25) is 0 Å². The van der Waals surface area contributed by atoms with Gasteiger partial charge in [-0.15, -0.1) is 34.0 Å². The minimum absolute atomic E-state index is 0. The van der Waals surface area contributed by atoms with Crippen molar-refractivity contribution in [3.63, 3.8) is 0 Å². The van der Waals surface area contributed by atoms with Gasteiger partial charge in [0.1, 0.15) is 41.9 Å². The Hall–Kier alpha value is -8.56. The van der Waals surface area contributed by atoms with Crippen LogP contribution in [0.15, 0.2) is 119 Å². The fourth-order valence-electron chi connectivity index (χ4n) is 7.43. The summed E-state index contributed by atoms with van der Waals surface area (Å²) in [5, 5.41) is 15.3. The molecule has 10 aromatic rings. The second kappa shape index (κ2) is 23.4. The van der Waals surface area contributed by atoms with Gasteiger partial charge in [0.2, 0.25) is 0 Å². The number of carbonyl (C=O) groups is 2. The Kier molecular flexibility index (Phi) is 16.2. The largest absolute Gasteiger partial charge is 2.00 e. The third kappa shape index (κ3) is 12.3. The molecule has 392 valence electrons. The number of fused-ring (bicyclic) bond motifs is 1. The summed E-state index contributed by atoms with van der Waals surface area (Å²) in [7, 11) is 0. The van der Waals surface area contributed by atoms with Gasteiger partial charge >= 0.3 is 31.8 Å². The number of furan rings is 1. The molecule has 25 heteroatoms. The van der Waals surface area contributed by atoms with E-state index in [-0.39, 0.29) is 48.0 Å². The number of ether oxygens (including phenoxy) is 4. The number of hydrogen-bond acceptors (Lipinski definition) is 16. The number of pyridine rings is 4. The van der Waals surface area contributed by atoms with E-state index in [1.807, 2.05) is 18.2 Å². The van der Waals surface area contributed by atoms with Gasteiger partial charge in [0.25, 0.3) is 12.9 Å². The van der Waals surface area contributed by atoms with Crippen LogP contribution < -0.4 is 29.1 Å². The van der Waals surface area contributed by atoms with Crippen molar-refractivity contribution >= 4 is 59.1 Å². The van der Waals surface area contributed by atoms with Crippen LogP contribution in [0.1, 0.15) is 35.4 Å². The molecule has 0 aliphatic carbocycles. The van der Waals surface area contributed by atoms with Gasteiger partial charge in [0.15, 0.2) is 17.3 Å². The molecular formula is C53H30F6N8O7RuS3. The van der Waals surface area contributed by atoms with E-state index < -0.39 is 23.7 Å². The number of hydrogen-bond donors (Lipinski definition) is 0. The third-order valence-corrected chi connectivity index (χ3v) is 14.3. The SMILES string of the molecule is CC#Cc1ccc(/C=C/c2cc(-c3cc(C(F)(F)F)n[n-]3)nc(-c3cc(C(F)(F)F)n[n-]3)c2)o1.O=COc1ccnc(-c2cc(OC=O)cc(-c3cc(-c4ccc(-c5sc(-c6cccs6)c6c5OCCO6)s4)ccn3)n2)c1.[Ru+2]. The molecule has 0 atom stereocenters. The van der Waals surface area contributed by atoms with Gasteiger partial charge < -0.3 is 43.8 Å². The first kappa shape index (κ1) is 54.2. The maximum Gasteiger partial charge on any atom is 2.00 e. The Morgan fingerprint density at radius 2 is 1.22 bits per heavy atom. The molecule has 0 saturated heterocycles. The van der Waals surface area contributed by atoms with Crippen molar-refractivity contribution in [3.05, 3.63) is 143 Å². The van der Waals surface area contributed by atoms with Crippen molar-refractivity contribution in [1.82, 2.24) is 40.3 Å². The maximum atomic E-state index is 12.9. The molecule has 1 aliphatic heterocycles. The van der Waals surface area contributed by atoms with Crippen LogP contribution in [0.4, 0.5) is 26.3 Å². The Morgan fingerprint density at radius 1 is 0.628 bits per heavy atom. The minimum Gasteiger partial charge on any atom is -0.573 e. The zero-order valence-corrected chi connectivity index (χ0v) is 43.7. The molecular weight excluding hydrogens is 1170 g/mol. The Bertz CT molecular complexity index is 3800. The van der Waals surface area contributed by atoms with Gasteiger partial charge in [0, 0.05) is 45.2 Å². The van der Waals surface area contributed by atoms with Gasteiger partial charge in [-0.05, 0) is 108 Å². The molecule has 0 bridgehead atoms. The second-order valence-corrected chi connectivity index (χ2v) is 18.9. The average Bonchev–Trinajstić information content (AvgIpc) is 4.32. The number of aromatic nitrogens is 8. The molecule has 1 aliphatic rings. The van der Waals surface area contributed by atoms with E-state index in [2.05, 4.69) is 70.8 Å². The number of carbonyl (C=O) groups excluding carboxylic acids is 2. The molecule has 11 heterocycles. The molecule has 78 heavy (non-hydrogen) atoms. The summed E-state index contributed by atoms with van der Waals surface area (Å²) in [6.45, 7) is 3.37. The standard InChI is InChI=1S/C31H19N3O6S3.C22H11F6N5O.Ru/c35-16-39-19-6-8-33-22(13-19)24-15-20(40-17-36)14-23(34-24)21-12-18(5-7-32-21)25-3-4-27(42-25)31-29-28(37-9-10-38-29)30(43-31)26-2-1-11-41-26;1-2-3-13-6-7-14(34-13)5-4-12-8-15(17-10-19(32-30-17)21(23,24)25)29-16(9-12)18-11-20(33-31-18)22(26,27)28;/h1-8,11-17H,9-10H2;4-11H,1H3;/q;-2;+2/b;5-4+;. The Balaban J connectivity index is 0.000000193. The third-order valence-electron chi connectivity index (χ3n) is 10.8. The maximum absolute atomic E-state index is 12.9. The average molecular weight is 1200 g/mol. The molecule has 0 amide bonds. The van der Waals surface area contributed by atoms with Crippen molar-refractivity contribution in [2.45, 2.75) is 19.3 Å². The van der Waals surface area contributed by atoms with Crippen LogP contribution in [-0.2, 0) is 41.4 Å². The number of halogens is 6. The molecule has 0 spiro atoms. The van der Waals surface area contributed by atoms with Crippen molar-refractivity contribution in [2.75, 3.05) is 13.2 Å². The van der Waals surface area contributed by atoms with Crippen LogP contribution in [-0.4, -0.2) is 56.3 Å². The van der Waals surface area contributed by atoms with E-state index in [4.69, 9.17) is 28.3 Å². The van der Waals surface area contributed by atoms with E-state index in [1.54, 1.807) is 95.7 Å². The number of nitrogens with zero attached hydrogens (tertiary/aromatic N) is 8. The molecule has 0 aromatic carbocycles. The van der Waals surface area contributed by atoms with Crippen LogP contribution in [0.25, 0.3) is 87.7 Å². The van der Waals surface area contributed by atoms with Crippen LogP contribution in [0.3, 0.4) is 0 Å². The monoisotopic (exact) mass is 1200 g/mol.